The van der Waals surface area contributed by atoms with Crippen molar-refractivity contribution in [2.45, 2.75) is 19.0 Å². The molecule has 0 aliphatic rings. The highest BCUT2D eigenvalue weighted by Crippen LogP contribution is 2.21. The van der Waals surface area contributed by atoms with Crippen molar-refractivity contribution < 1.29 is 18.0 Å². The Balaban J connectivity index is 2.87. The third-order valence-corrected chi connectivity index (χ3v) is 2.95. The van der Waals surface area contributed by atoms with Gasteiger partial charge in [0.15, 0.2) is 0 Å². The molecule has 0 aliphatic carbocycles. The molecule has 0 aliphatic heterocycles. The molecule has 0 saturated heterocycles. The number of nitrogens with zero attached hydrogens (tertiary/aromatic N) is 1. The molecule has 1 amide bonds. The number of rotatable bonds is 6. The first-order valence-corrected chi connectivity index (χ1v) is 6.22. The maximum absolute atomic E-state index is 12.5. The summed E-state index contributed by atoms with van der Waals surface area (Å²) in [5, 5.41) is 0. The highest BCUT2D eigenvalue weighted by atomic mass is 19.4. The van der Waals surface area contributed by atoms with Crippen LogP contribution in [0.1, 0.15) is 18.4 Å². The van der Waals surface area contributed by atoms with Gasteiger partial charge < -0.3 is 0 Å². The SMILES string of the molecule is CCN(CC(C(=O)NN)c1ccccc1)CC(F)(F)F. The van der Waals surface area contributed by atoms with Crippen LogP contribution in [0.4, 0.5) is 13.2 Å². The minimum Gasteiger partial charge on any atom is -0.294 e. The van der Waals surface area contributed by atoms with Gasteiger partial charge in [-0.15, -0.1) is 0 Å². The Hall–Kier alpha value is -1.60. The lowest BCUT2D eigenvalue weighted by molar-refractivity contribution is -0.147. The normalized spacial score (nSPS) is 13.3. The molecule has 1 unspecified atom stereocenters. The fourth-order valence-electron chi connectivity index (χ4n) is 1.94. The van der Waals surface area contributed by atoms with E-state index in [1.165, 1.54) is 4.90 Å². The third-order valence-electron chi connectivity index (χ3n) is 2.95. The minimum absolute atomic E-state index is 0.0386. The van der Waals surface area contributed by atoms with Crippen LogP contribution in [-0.4, -0.2) is 36.6 Å². The van der Waals surface area contributed by atoms with Gasteiger partial charge in [0.1, 0.15) is 0 Å². The van der Waals surface area contributed by atoms with Gasteiger partial charge in [-0.25, -0.2) is 5.84 Å². The van der Waals surface area contributed by atoms with Gasteiger partial charge in [-0.3, -0.25) is 15.1 Å². The van der Waals surface area contributed by atoms with E-state index in [1.807, 2.05) is 5.43 Å². The summed E-state index contributed by atoms with van der Waals surface area (Å²) in [6.07, 6.45) is -4.30. The van der Waals surface area contributed by atoms with E-state index in [0.717, 1.165) is 0 Å². The summed E-state index contributed by atoms with van der Waals surface area (Å²) in [6.45, 7) is 0.725. The van der Waals surface area contributed by atoms with Crippen molar-refractivity contribution in [2.75, 3.05) is 19.6 Å². The number of benzene rings is 1. The number of alkyl halides is 3. The maximum Gasteiger partial charge on any atom is 0.401 e. The van der Waals surface area contributed by atoms with E-state index in [9.17, 15) is 18.0 Å². The Labute approximate surface area is 115 Å². The van der Waals surface area contributed by atoms with Gasteiger partial charge >= 0.3 is 6.18 Å². The Bertz CT molecular complexity index is 423. The Morgan fingerprint density at radius 3 is 2.40 bits per heavy atom. The molecule has 0 saturated carbocycles. The number of nitrogens with one attached hydrogen (secondary N) is 1. The molecule has 0 fully saturated rings. The van der Waals surface area contributed by atoms with Crippen LogP contribution in [0, 0.1) is 0 Å². The van der Waals surface area contributed by atoms with Crippen LogP contribution in [-0.2, 0) is 4.79 Å². The summed E-state index contributed by atoms with van der Waals surface area (Å²) in [7, 11) is 0. The second-order valence-electron chi connectivity index (χ2n) is 4.41. The minimum atomic E-state index is -4.30. The largest absolute Gasteiger partial charge is 0.401 e. The van der Waals surface area contributed by atoms with E-state index in [-0.39, 0.29) is 13.1 Å². The molecule has 112 valence electrons. The standard InChI is InChI=1S/C13H18F3N3O/c1-2-19(9-13(14,15)16)8-11(12(20)18-17)10-6-4-3-5-7-10/h3-7,11H,2,8-9,17H2,1H3,(H,18,20). The molecular weight excluding hydrogens is 271 g/mol. The van der Waals surface area contributed by atoms with Crippen molar-refractivity contribution in [1.29, 1.82) is 0 Å². The van der Waals surface area contributed by atoms with Gasteiger partial charge in [0, 0.05) is 6.54 Å². The highest BCUT2D eigenvalue weighted by Gasteiger charge is 2.32. The second kappa shape index (κ2) is 7.25. The van der Waals surface area contributed by atoms with Crippen molar-refractivity contribution in [2.24, 2.45) is 5.84 Å². The summed E-state index contributed by atoms with van der Waals surface area (Å²) < 4.78 is 37.4. The molecular formula is C13H18F3N3O. The molecule has 0 aromatic heterocycles. The average Bonchev–Trinajstić information content (AvgIpc) is 2.42. The third kappa shape index (κ3) is 5.18. The van der Waals surface area contributed by atoms with E-state index < -0.39 is 24.5 Å². The van der Waals surface area contributed by atoms with Gasteiger partial charge in [-0.2, -0.15) is 13.2 Å². The first kappa shape index (κ1) is 16.5. The van der Waals surface area contributed by atoms with Gasteiger partial charge in [0.05, 0.1) is 12.5 Å². The quantitative estimate of drug-likeness (QED) is 0.475. The smallest absolute Gasteiger partial charge is 0.294 e. The van der Waals surface area contributed by atoms with Crippen LogP contribution < -0.4 is 11.3 Å². The fraction of sp³-hybridized carbons (Fsp3) is 0.462. The number of hydrazine groups is 1. The summed E-state index contributed by atoms with van der Waals surface area (Å²) in [4.78, 5) is 13.0. The van der Waals surface area contributed by atoms with Crippen LogP contribution in [0.5, 0.6) is 0 Å². The molecule has 0 heterocycles. The zero-order valence-electron chi connectivity index (χ0n) is 11.2. The number of nitrogens with two attached hydrogens (primary N) is 1. The topological polar surface area (TPSA) is 58.4 Å². The van der Waals surface area contributed by atoms with E-state index in [4.69, 9.17) is 5.84 Å². The molecule has 1 atom stereocenters. The zero-order valence-corrected chi connectivity index (χ0v) is 11.2. The van der Waals surface area contributed by atoms with Crippen molar-refractivity contribution in [1.82, 2.24) is 10.3 Å². The number of likely N-dealkylation sites (N-methyl/N-ethyl adjacent to an activating group) is 1. The van der Waals surface area contributed by atoms with Gasteiger partial charge in [0.2, 0.25) is 5.91 Å². The van der Waals surface area contributed by atoms with Gasteiger partial charge in [0.25, 0.3) is 0 Å². The Kier molecular flexibility index (Phi) is 5.97. The van der Waals surface area contributed by atoms with Crippen molar-refractivity contribution in [3.8, 4) is 0 Å². The Morgan fingerprint density at radius 2 is 1.95 bits per heavy atom. The molecule has 1 aromatic rings. The molecule has 20 heavy (non-hydrogen) atoms. The zero-order chi connectivity index (χ0) is 15.2. The molecule has 3 N–H and O–H groups in total. The molecule has 1 rings (SSSR count). The average molecular weight is 289 g/mol. The summed E-state index contributed by atoms with van der Waals surface area (Å²) in [6, 6.07) is 8.62. The van der Waals surface area contributed by atoms with E-state index in [0.29, 0.717) is 5.56 Å². The predicted molar refractivity (Wildman–Crippen MR) is 69.7 cm³/mol. The highest BCUT2D eigenvalue weighted by molar-refractivity contribution is 5.83. The molecule has 0 spiro atoms. The van der Waals surface area contributed by atoms with Gasteiger partial charge in [-0.1, -0.05) is 37.3 Å². The summed E-state index contributed by atoms with van der Waals surface area (Å²) in [5.74, 6) is 3.88. The van der Waals surface area contributed by atoms with Crippen LogP contribution in [0.3, 0.4) is 0 Å². The molecule has 0 bridgehead atoms. The lowest BCUT2D eigenvalue weighted by Crippen LogP contribution is -2.43. The number of carbonyl (C=O) groups is 1. The maximum atomic E-state index is 12.5. The van der Waals surface area contributed by atoms with Crippen LogP contribution in [0.2, 0.25) is 0 Å². The number of amides is 1. The lowest BCUT2D eigenvalue weighted by Gasteiger charge is -2.26. The van der Waals surface area contributed by atoms with Crippen LogP contribution >= 0.6 is 0 Å². The number of halogens is 3. The number of hydrogen-bond donors (Lipinski definition) is 2. The van der Waals surface area contributed by atoms with E-state index in [2.05, 4.69) is 0 Å². The van der Waals surface area contributed by atoms with Crippen molar-refractivity contribution >= 4 is 5.91 Å². The predicted octanol–water partition coefficient (Wildman–Crippen LogP) is 1.64. The van der Waals surface area contributed by atoms with Crippen molar-refractivity contribution in [3.63, 3.8) is 0 Å². The van der Waals surface area contributed by atoms with Crippen molar-refractivity contribution in [3.05, 3.63) is 35.9 Å². The van der Waals surface area contributed by atoms with Crippen LogP contribution in [0.25, 0.3) is 0 Å². The first-order chi connectivity index (χ1) is 9.37. The summed E-state index contributed by atoms with van der Waals surface area (Å²) >= 11 is 0. The van der Waals surface area contributed by atoms with Gasteiger partial charge in [-0.05, 0) is 12.1 Å². The molecule has 1 aromatic carbocycles. The molecule has 4 nitrogen and oxygen atoms in total. The monoisotopic (exact) mass is 289 g/mol. The molecule has 7 heteroatoms. The molecule has 0 radical (unpaired) electrons. The van der Waals surface area contributed by atoms with E-state index in [1.54, 1.807) is 37.3 Å². The number of hydrogen-bond acceptors (Lipinski definition) is 3. The Morgan fingerprint density at radius 1 is 1.35 bits per heavy atom. The summed E-state index contributed by atoms with van der Waals surface area (Å²) in [5.41, 5.74) is 2.64. The number of carbonyl (C=O) groups excluding carboxylic acids is 1. The second-order valence-corrected chi connectivity index (χ2v) is 4.41. The van der Waals surface area contributed by atoms with Crippen LogP contribution in [0.15, 0.2) is 30.3 Å². The lowest BCUT2D eigenvalue weighted by atomic mass is 9.97. The first-order valence-electron chi connectivity index (χ1n) is 6.22. The van der Waals surface area contributed by atoms with E-state index >= 15 is 0 Å². The fourth-order valence-corrected chi connectivity index (χ4v) is 1.94.